The summed E-state index contributed by atoms with van der Waals surface area (Å²) in [7, 11) is -2.51. The summed E-state index contributed by atoms with van der Waals surface area (Å²) >= 11 is 0. The van der Waals surface area contributed by atoms with Gasteiger partial charge in [-0.25, -0.2) is 18.2 Å². The van der Waals surface area contributed by atoms with Crippen LogP contribution in [0.2, 0.25) is 0 Å². The van der Waals surface area contributed by atoms with E-state index in [0.717, 1.165) is 22.3 Å². The molecule has 2 heterocycles. The number of methoxy groups -OCH3 is 1. The van der Waals surface area contributed by atoms with Crippen molar-refractivity contribution in [2.45, 2.75) is 51.5 Å². The predicted molar refractivity (Wildman–Crippen MR) is 138 cm³/mol. The normalized spacial score (nSPS) is 17.8. The highest BCUT2D eigenvalue weighted by Crippen LogP contribution is 2.49. The average Bonchev–Trinajstić information content (AvgIpc) is 2.86. The van der Waals surface area contributed by atoms with Gasteiger partial charge in [0.2, 0.25) is 0 Å². The Bertz CT molecular complexity index is 1400. The van der Waals surface area contributed by atoms with Gasteiger partial charge in [0, 0.05) is 37.7 Å². The molecular formula is C28H30N2O6S. The van der Waals surface area contributed by atoms with E-state index < -0.39 is 21.6 Å². The van der Waals surface area contributed by atoms with Crippen molar-refractivity contribution in [2.75, 3.05) is 20.2 Å². The minimum atomic E-state index is -3.73. The predicted octanol–water partition coefficient (Wildman–Crippen LogP) is 4.40. The first kappa shape index (κ1) is 26.6. The first-order valence-corrected chi connectivity index (χ1v) is 13.5. The second-order valence-corrected chi connectivity index (χ2v) is 11.4. The molecule has 1 spiro atoms. The van der Waals surface area contributed by atoms with Crippen molar-refractivity contribution in [3.63, 3.8) is 0 Å². The lowest BCUT2D eigenvalue weighted by molar-refractivity contribution is -0.117. The van der Waals surface area contributed by atoms with Crippen LogP contribution in [0.5, 0.6) is 0 Å². The Hall–Kier alpha value is -3.48. The van der Waals surface area contributed by atoms with Crippen LogP contribution in [0.25, 0.3) is 5.57 Å². The molecule has 2 aliphatic rings. The Balaban J connectivity index is 1.68. The van der Waals surface area contributed by atoms with E-state index in [-0.39, 0.29) is 36.1 Å². The van der Waals surface area contributed by atoms with E-state index in [0.29, 0.717) is 24.8 Å². The van der Waals surface area contributed by atoms with Crippen LogP contribution in [-0.4, -0.2) is 49.8 Å². The number of carbonyl (C=O) groups is 2. The number of aryl methyl sites for hydroxylation is 2. The second-order valence-electron chi connectivity index (χ2n) is 9.56. The number of nitrogens with zero attached hydrogens (tertiary/aromatic N) is 2. The number of pyridine rings is 1. The summed E-state index contributed by atoms with van der Waals surface area (Å²) in [5, 5.41) is 0.00438. The third-order valence-electron chi connectivity index (χ3n) is 7.08. The molecule has 0 unspecified atom stereocenters. The summed E-state index contributed by atoms with van der Waals surface area (Å²) in [6.45, 7) is 6.07. The molecule has 0 N–H and O–H groups in total. The smallest absolute Gasteiger partial charge is 0.437 e. The van der Waals surface area contributed by atoms with Gasteiger partial charge in [-0.1, -0.05) is 12.0 Å². The fraction of sp³-hybridized carbons (Fsp3) is 0.393. The number of aromatic nitrogens is 1. The van der Waals surface area contributed by atoms with Crippen molar-refractivity contribution in [2.24, 2.45) is 5.41 Å². The lowest BCUT2D eigenvalue weighted by Crippen LogP contribution is -2.45. The van der Waals surface area contributed by atoms with Gasteiger partial charge in [0.25, 0.3) is 10.0 Å². The molecular weight excluding hydrogens is 492 g/mol. The molecule has 194 valence electrons. The Morgan fingerprint density at radius 3 is 2.35 bits per heavy atom. The fourth-order valence-electron chi connectivity index (χ4n) is 5.34. The Morgan fingerprint density at radius 1 is 1.11 bits per heavy atom. The first-order chi connectivity index (χ1) is 17.6. The lowest BCUT2D eigenvalue weighted by atomic mass is 9.66. The lowest BCUT2D eigenvalue weighted by Gasteiger charge is -2.43. The van der Waals surface area contributed by atoms with E-state index in [1.165, 1.54) is 23.7 Å². The van der Waals surface area contributed by atoms with Crippen LogP contribution in [0, 0.1) is 31.1 Å². The Labute approximate surface area is 217 Å². The maximum Gasteiger partial charge on any atom is 0.513 e. The van der Waals surface area contributed by atoms with Crippen molar-refractivity contribution in [3.8, 4) is 11.8 Å². The monoisotopic (exact) mass is 522 g/mol. The van der Waals surface area contributed by atoms with Crippen LogP contribution in [0.4, 0.5) is 4.79 Å². The van der Waals surface area contributed by atoms with E-state index in [1.54, 1.807) is 19.1 Å². The molecule has 0 saturated carbocycles. The molecule has 4 rings (SSSR count). The number of carbonyl (C=O) groups excluding carboxylic acids is 2. The van der Waals surface area contributed by atoms with Crippen LogP contribution >= 0.6 is 0 Å². The minimum absolute atomic E-state index is 0.00438. The molecule has 1 aromatic heterocycles. The van der Waals surface area contributed by atoms with Crippen molar-refractivity contribution in [1.29, 1.82) is 0 Å². The number of ether oxygens (including phenoxy) is 2. The van der Waals surface area contributed by atoms with E-state index in [9.17, 15) is 18.0 Å². The van der Waals surface area contributed by atoms with Crippen molar-refractivity contribution >= 4 is 27.5 Å². The maximum absolute atomic E-state index is 13.7. The van der Waals surface area contributed by atoms with Gasteiger partial charge in [0.1, 0.15) is 5.76 Å². The number of benzene rings is 1. The molecule has 0 radical (unpaired) electrons. The summed E-state index contributed by atoms with van der Waals surface area (Å²) in [5.74, 6) is 6.07. The zero-order chi connectivity index (χ0) is 26.8. The third kappa shape index (κ3) is 5.31. The molecule has 2 aromatic rings. The van der Waals surface area contributed by atoms with E-state index in [4.69, 9.17) is 9.47 Å². The zero-order valence-electron chi connectivity index (χ0n) is 21.5. The number of piperidine rings is 1. The Morgan fingerprint density at radius 2 is 1.78 bits per heavy atom. The van der Waals surface area contributed by atoms with Gasteiger partial charge in [-0.05, 0) is 80.0 Å². The van der Waals surface area contributed by atoms with Gasteiger partial charge < -0.3 is 9.47 Å². The van der Waals surface area contributed by atoms with Crippen LogP contribution < -0.4 is 0 Å². The molecule has 9 heteroatoms. The highest BCUT2D eigenvalue weighted by molar-refractivity contribution is 7.89. The topological polar surface area (TPSA) is 103 Å². The molecule has 0 amide bonds. The highest BCUT2D eigenvalue weighted by atomic mass is 32.2. The van der Waals surface area contributed by atoms with Crippen LogP contribution in [0.1, 0.15) is 54.9 Å². The number of ketones is 1. The maximum atomic E-state index is 13.7. The zero-order valence-corrected chi connectivity index (χ0v) is 22.3. The number of sulfonamides is 1. The fourth-order valence-corrected chi connectivity index (χ4v) is 6.72. The number of hydrogen-bond donors (Lipinski definition) is 0. The summed E-state index contributed by atoms with van der Waals surface area (Å²) in [5.41, 5.74) is 3.16. The molecule has 8 nitrogen and oxygen atoms in total. The molecule has 1 saturated heterocycles. The first-order valence-electron chi connectivity index (χ1n) is 12.1. The molecule has 1 aromatic carbocycles. The summed E-state index contributed by atoms with van der Waals surface area (Å²) in [4.78, 5) is 29.9. The van der Waals surface area contributed by atoms with Crippen molar-refractivity contribution in [3.05, 3.63) is 64.5 Å². The summed E-state index contributed by atoms with van der Waals surface area (Å²) in [6.07, 6.45) is 2.03. The number of Topliss-reactive ketones (excluding diaryl/α,β-unsaturated/α-hetero) is 1. The van der Waals surface area contributed by atoms with Crippen LogP contribution in [0.3, 0.4) is 0 Å². The molecule has 1 fully saturated rings. The minimum Gasteiger partial charge on any atom is -0.437 e. The van der Waals surface area contributed by atoms with Gasteiger partial charge in [0.05, 0.1) is 12.7 Å². The summed E-state index contributed by atoms with van der Waals surface area (Å²) < 4.78 is 37.8. The third-order valence-corrected chi connectivity index (χ3v) is 8.89. The Kier molecular flexibility index (Phi) is 7.53. The number of hydrogen-bond acceptors (Lipinski definition) is 7. The van der Waals surface area contributed by atoms with E-state index in [1.807, 2.05) is 26.0 Å². The highest BCUT2D eigenvalue weighted by Gasteiger charge is 2.46. The number of rotatable bonds is 4. The summed E-state index contributed by atoms with van der Waals surface area (Å²) in [6, 6.07) is 8.61. The van der Waals surface area contributed by atoms with E-state index in [2.05, 4.69) is 16.8 Å². The molecule has 37 heavy (non-hydrogen) atoms. The number of allylic oxidation sites excluding steroid dienone is 2. The largest absolute Gasteiger partial charge is 0.513 e. The molecule has 0 atom stereocenters. The van der Waals surface area contributed by atoms with Gasteiger partial charge in [-0.15, -0.1) is 5.92 Å². The second kappa shape index (κ2) is 10.5. The quantitative estimate of drug-likeness (QED) is 0.433. The van der Waals surface area contributed by atoms with Gasteiger partial charge in [0.15, 0.2) is 10.8 Å². The van der Waals surface area contributed by atoms with Gasteiger partial charge in [-0.3, -0.25) is 4.79 Å². The van der Waals surface area contributed by atoms with Crippen molar-refractivity contribution in [1.82, 2.24) is 9.29 Å². The molecule has 1 aliphatic heterocycles. The van der Waals surface area contributed by atoms with Crippen molar-refractivity contribution < 1.29 is 27.5 Å². The van der Waals surface area contributed by atoms with Crippen LogP contribution in [-0.2, 0) is 24.3 Å². The average molecular weight is 523 g/mol. The molecule has 0 bridgehead atoms. The van der Waals surface area contributed by atoms with Crippen LogP contribution in [0.15, 0.2) is 47.3 Å². The standard InChI is InChI=1S/C28H30N2O6S/c1-5-8-21-15-19(2)25(20(3)16-21)26-22(31)17-28(18-23(26)36-27(32)35-4)10-13-30(14-11-28)37(33,34)24-9-6-7-12-29-24/h6-7,9,12,15-16H,10-11,13-14,17-18H2,1-4H3. The van der Waals surface area contributed by atoms with Gasteiger partial charge >= 0.3 is 6.16 Å². The SMILES string of the molecule is CC#Cc1cc(C)c(C2=C(OC(=O)OC)CC3(CCN(S(=O)(=O)c4ccccn4)CC3)CC2=O)c(C)c1. The molecule has 1 aliphatic carbocycles. The van der Waals surface area contributed by atoms with Gasteiger partial charge in [-0.2, -0.15) is 4.31 Å². The van der Waals surface area contributed by atoms with E-state index >= 15 is 0 Å².